The van der Waals surface area contributed by atoms with Crippen molar-refractivity contribution in [3.8, 4) is 0 Å². The molecule has 0 radical (unpaired) electrons. The van der Waals surface area contributed by atoms with Crippen molar-refractivity contribution in [3.05, 3.63) is 48.7 Å². The van der Waals surface area contributed by atoms with Gasteiger partial charge in [-0.05, 0) is 6.07 Å². The number of rotatable bonds is 2. The lowest BCUT2D eigenvalue weighted by Crippen LogP contribution is -1.86. The molecule has 0 atom stereocenters. The molecule has 0 aliphatic carbocycles. The van der Waals surface area contributed by atoms with E-state index in [1.54, 1.807) is 17.3 Å². The Morgan fingerprint density at radius 1 is 1.18 bits per heavy atom. The lowest BCUT2D eigenvalue weighted by molar-refractivity contribution is 0.878. The Balaban J connectivity index is 2.06. The minimum absolute atomic E-state index is 1.08. The van der Waals surface area contributed by atoms with Crippen LogP contribution in [0.2, 0.25) is 0 Å². The van der Waals surface area contributed by atoms with Crippen LogP contribution in [0.5, 0.6) is 0 Å². The van der Waals surface area contributed by atoms with E-state index < -0.39 is 0 Å². The number of benzene rings is 1. The minimum Gasteiger partial charge on any atom is -0.350 e. The number of hydrogen-bond acceptors (Lipinski definition) is 3. The van der Waals surface area contributed by atoms with E-state index in [0.29, 0.717) is 0 Å². The summed E-state index contributed by atoms with van der Waals surface area (Å²) in [6.45, 7) is 0. The topological polar surface area (TPSA) is 48.0 Å². The summed E-state index contributed by atoms with van der Waals surface area (Å²) in [5, 5.41) is 12.8. The molecule has 1 aromatic carbocycles. The lowest BCUT2D eigenvalue weighted by atomic mass is 10.2. The quantitative estimate of drug-likeness (QED) is 0.623. The van der Waals surface area contributed by atoms with Crippen LogP contribution in [0.1, 0.15) is 5.56 Å². The fraction of sp³-hybridized carbons (Fsp3) is 0.0833. The van der Waals surface area contributed by atoms with E-state index in [0.717, 1.165) is 5.56 Å². The number of para-hydroxylation sites is 1. The second kappa shape index (κ2) is 3.86. The van der Waals surface area contributed by atoms with E-state index in [-0.39, 0.29) is 0 Å². The van der Waals surface area contributed by atoms with Crippen LogP contribution in [-0.4, -0.2) is 25.7 Å². The van der Waals surface area contributed by atoms with Crippen molar-refractivity contribution >= 4 is 17.1 Å². The highest BCUT2D eigenvalue weighted by atomic mass is 15.4. The molecule has 0 amide bonds. The summed E-state index contributed by atoms with van der Waals surface area (Å²) >= 11 is 0. The Morgan fingerprint density at radius 3 is 2.76 bits per heavy atom. The molecule has 0 saturated heterocycles. The molecule has 0 aliphatic heterocycles. The third-order valence-electron chi connectivity index (χ3n) is 2.66. The predicted octanol–water partition coefficient (Wildman–Crippen LogP) is 1.65. The molecule has 0 saturated carbocycles. The third-order valence-corrected chi connectivity index (χ3v) is 2.66. The first kappa shape index (κ1) is 9.77. The van der Waals surface area contributed by atoms with E-state index in [9.17, 15) is 0 Å². The number of hydrogen-bond donors (Lipinski definition) is 0. The van der Waals surface area contributed by atoms with Gasteiger partial charge in [0.1, 0.15) is 12.7 Å². The summed E-state index contributed by atoms with van der Waals surface area (Å²) in [7, 11) is 2.03. The summed E-state index contributed by atoms with van der Waals surface area (Å²) in [6.07, 6.45) is 6.98. The van der Waals surface area contributed by atoms with Gasteiger partial charge in [-0.15, -0.1) is 10.2 Å². The molecule has 17 heavy (non-hydrogen) atoms. The van der Waals surface area contributed by atoms with Gasteiger partial charge in [-0.25, -0.2) is 4.68 Å². The number of aryl methyl sites for hydroxylation is 1. The number of nitrogens with zero attached hydrogens (tertiary/aromatic N) is 5. The van der Waals surface area contributed by atoms with E-state index >= 15 is 0 Å². The van der Waals surface area contributed by atoms with E-state index in [4.69, 9.17) is 0 Å². The molecule has 5 heteroatoms. The molecule has 0 aliphatic rings. The zero-order valence-electron chi connectivity index (χ0n) is 9.35. The Labute approximate surface area is 98.0 Å². The molecular formula is C12H11N5. The summed E-state index contributed by atoms with van der Waals surface area (Å²) in [4.78, 5) is 0. The van der Waals surface area contributed by atoms with Gasteiger partial charge >= 0.3 is 0 Å². The second-order valence-electron chi connectivity index (χ2n) is 3.80. The monoisotopic (exact) mass is 225 g/mol. The Hall–Kier alpha value is -2.43. The maximum atomic E-state index is 4.25. The Bertz CT molecular complexity index is 663. The minimum atomic E-state index is 1.08. The highest BCUT2D eigenvalue weighted by Gasteiger charge is 2.02. The van der Waals surface area contributed by atoms with Crippen LogP contribution in [0.15, 0.2) is 48.2 Å². The van der Waals surface area contributed by atoms with Gasteiger partial charge in [0.2, 0.25) is 0 Å². The van der Waals surface area contributed by atoms with Gasteiger partial charge in [0, 0.05) is 29.7 Å². The zero-order chi connectivity index (χ0) is 11.7. The van der Waals surface area contributed by atoms with Crippen LogP contribution < -0.4 is 0 Å². The molecule has 2 heterocycles. The van der Waals surface area contributed by atoms with Crippen LogP contribution in [0.25, 0.3) is 10.9 Å². The molecule has 0 spiro atoms. The third kappa shape index (κ3) is 1.71. The van der Waals surface area contributed by atoms with Crippen molar-refractivity contribution in [1.29, 1.82) is 0 Å². The highest BCUT2D eigenvalue weighted by molar-refractivity contribution is 5.99. The van der Waals surface area contributed by atoms with Crippen molar-refractivity contribution in [2.45, 2.75) is 0 Å². The van der Waals surface area contributed by atoms with Crippen molar-refractivity contribution in [3.63, 3.8) is 0 Å². The molecule has 2 aromatic heterocycles. The first-order valence-corrected chi connectivity index (χ1v) is 5.27. The van der Waals surface area contributed by atoms with Crippen molar-refractivity contribution in [2.24, 2.45) is 12.1 Å². The maximum absolute atomic E-state index is 4.25. The maximum Gasteiger partial charge on any atom is 0.141 e. The van der Waals surface area contributed by atoms with E-state index in [2.05, 4.69) is 38.2 Å². The van der Waals surface area contributed by atoms with Gasteiger partial charge in [-0.1, -0.05) is 18.2 Å². The van der Waals surface area contributed by atoms with Gasteiger partial charge < -0.3 is 4.57 Å². The normalized spacial score (nSPS) is 11.6. The van der Waals surface area contributed by atoms with Crippen LogP contribution in [0, 0.1) is 0 Å². The number of aromatic nitrogens is 4. The standard InChI is InChI=1S/C12H11N5/c1-16-7-10(6-15-17-8-13-14-9-17)11-4-2-3-5-12(11)16/h2-9H,1H3. The fourth-order valence-corrected chi connectivity index (χ4v) is 1.86. The van der Waals surface area contributed by atoms with Crippen molar-refractivity contribution in [1.82, 2.24) is 19.4 Å². The summed E-state index contributed by atoms with van der Waals surface area (Å²) in [5.74, 6) is 0. The van der Waals surface area contributed by atoms with Gasteiger partial charge in [-0.3, -0.25) is 0 Å². The average molecular weight is 225 g/mol. The Morgan fingerprint density at radius 2 is 1.94 bits per heavy atom. The summed E-state index contributed by atoms with van der Waals surface area (Å²) in [5.41, 5.74) is 2.27. The van der Waals surface area contributed by atoms with Crippen LogP contribution in [-0.2, 0) is 7.05 Å². The van der Waals surface area contributed by atoms with Crippen molar-refractivity contribution in [2.75, 3.05) is 0 Å². The number of fused-ring (bicyclic) bond motifs is 1. The molecular weight excluding hydrogens is 214 g/mol. The smallest absolute Gasteiger partial charge is 0.141 e. The molecule has 84 valence electrons. The van der Waals surface area contributed by atoms with E-state index in [1.807, 2.05) is 25.4 Å². The van der Waals surface area contributed by atoms with Crippen LogP contribution >= 0.6 is 0 Å². The molecule has 0 bridgehead atoms. The first-order chi connectivity index (χ1) is 8.34. The van der Waals surface area contributed by atoms with Gasteiger partial charge in [0.25, 0.3) is 0 Å². The Kier molecular flexibility index (Phi) is 2.22. The molecule has 0 fully saturated rings. The summed E-state index contributed by atoms with van der Waals surface area (Å²) in [6, 6.07) is 8.23. The van der Waals surface area contributed by atoms with Gasteiger partial charge in [0.05, 0.1) is 6.21 Å². The SMILES string of the molecule is Cn1cc(C=Nn2cnnc2)c2ccccc21. The molecule has 3 aromatic rings. The molecule has 5 nitrogen and oxygen atoms in total. The molecule has 0 N–H and O–H groups in total. The predicted molar refractivity (Wildman–Crippen MR) is 65.9 cm³/mol. The molecule has 3 rings (SSSR count). The molecule has 0 unspecified atom stereocenters. The highest BCUT2D eigenvalue weighted by Crippen LogP contribution is 2.18. The van der Waals surface area contributed by atoms with Crippen LogP contribution in [0.4, 0.5) is 0 Å². The zero-order valence-corrected chi connectivity index (χ0v) is 9.35. The fourth-order valence-electron chi connectivity index (χ4n) is 1.86. The lowest BCUT2D eigenvalue weighted by Gasteiger charge is -1.93. The summed E-state index contributed by atoms with van der Waals surface area (Å²) < 4.78 is 3.66. The van der Waals surface area contributed by atoms with Crippen molar-refractivity contribution < 1.29 is 0 Å². The second-order valence-corrected chi connectivity index (χ2v) is 3.80. The largest absolute Gasteiger partial charge is 0.350 e. The average Bonchev–Trinajstić information content (AvgIpc) is 2.96. The van der Waals surface area contributed by atoms with E-state index in [1.165, 1.54) is 10.9 Å². The van der Waals surface area contributed by atoms with Gasteiger partial charge in [-0.2, -0.15) is 5.10 Å². The first-order valence-electron chi connectivity index (χ1n) is 5.27. The van der Waals surface area contributed by atoms with Crippen LogP contribution in [0.3, 0.4) is 0 Å². The van der Waals surface area contributed by atoms with Gasteiger partial charge in [0.15, 0.2) is 0 Å².